The van der Waals surface area contributed by atoms with Crippen LogP contribution in [0, 0.1) is 6.92 Å². The highest BCUT2D eigenvalue weighted by Gasteiger charge is 2.20. The summed E-state index contributed by atoms with van der Waals surface area (Å²) in [5, 5.41) is 0. The molecule has 1 rings (SSSR count). The first-order chi connectivity index (χ1) is 8.47. The van der Waals surface area contributed by atoms with Gasteiger partial charge in [0.15, 0.2) is 0 Å². The van der Waals surface area contributed by atoms with Gasteiger partial charge in [0.1, 0.15) is 0 Å². The number of rotatable bonds is 5. The average Bonchev–Trinajstić information content (AvgIpc) is 2.32. The number of carbonyl (C=O) groups excluding carboxylic acids is 1. The van der Waals surface area contributed by atoms with E-state index in [0.29, 0.717) is 24.4 Å². The molecule has 0 atom stereocenters. The number of nitrogens with two attached hydrogens (primary N) is 1. The van der Waals surface area contributed by atoms with Gasteiger partial charge >= 0.3 is 0 Å². The Balaban J connectivity index is 2.98. The van der Waals surface area contributed by atoms with Crippen LogP contribution in [0.5, 0.6) is 0 Å². The Morgan fingerprint density at radius 2 is 2.11 bits per heavy atom. The molecule has 0 aromatic heterocycles. The standard InChI is InChI=1S/C14H22N2O2/c1-10(2)16(7-8-18-4)14(17)13-9-12(15)6-5-11(13)3/h5-6,9-10H,7-8,15H2,1-4H3. The lowest BCUT2D eigenvalue weighted by molar-refractivity contribution is 0.0634. The molecule has 1 amide bonds. The largest absolute Gasteiger partial charge is 0.399 e. The highest BCUT2D eigenvalue weighted by molar-refractivity contribution is 5.96. The lowest BCUT2D eigenvalue weighted by atomic mass is 10.1. The summed E-state index contributed by atoms with van der Waals surface area (Å²) in [7, 11) is 1.63. The maximum atomic E-state index is 12.5. The van der Waals surface area contributed by atoms with Crippen LogP contribution in [-0.4, -0.2) is 37.1 Å². The lowest BCUT2D eigenvalue weighted by Gasteiger charge is -2.27. The molecule has 0 aliphatic carbocycles. The maximum Gasteiger partial charge on any atom is 0.254 e. The normalized spacial score (nSPS) is 10.7. The molecule has 0 fully saturated rings. The Bertz CT molecular complexity index is 416. The zero-order valence-electron chi connectivity index (χ0n) is 11.6. The van der Waals surface area contributed by atoms with Crippen molar-refractivity contribution in [2.75, 3.05) is 26.0 Å². The number of nitrogens with zero attached hydrogens (tertiary/aromatic N) is 1. The third kappa shape index (κ3) is 3.47. The van der Waals surface area contributed by atoms with Gasteiger partial charge in [-0.2, -0.15) is 0 Å². The Labute approximate surface area is 109 Å². The van der Waals surface area contributed by atoms with Crippen LogP contribution < -0.4 is 5.73 Å². The van der Waals surface area contributed by atoms with E-state index in [9.17, 15) is 4.79 Å². The second-order valence-electron chi connectivity index (χ2n) is 4.66. The average molecular weight is 250 g/mol. The van der Waals surface area contributed by atoms with Crippen LogP contribution in [0.25, 0.3) is 0 Å². The molecule has 0 unspecified atom stereocenters. The molecule has 4 nitrogen and oxygen atoms in total. The van der Waals surface area contributed by atoms with Crippen LogP contribution in [0.2, 0.25) is 0 Å². The fourth-order valence-corrected chi connectivity index (χ4v) is 1.81. The molecular weight excluding hydrogens is 228 g/mol. The summed E-state index contributed by atoms with van der Waals surface area (Å²) in [6.45, 7) is 7.03. The molecule has 0 aliphatic rings. The number of nitrogen functional groups attached to an aromatic ring is 1. The zero-order chi connectivity index (χ0) is 13.7. The van der Waals surface area contributed by atoms with Crippen molar-refractivity contribution in [2.45, 2.75) is 26.8 Å². The zero-order valence-corrected chi connectivity index (χ0v) is 11.6. The molecule has 2 N–H and O–H groups in total. The van der Waals surface area contributed by atoms with Gasteiger partial charge in [0.2, 0.25) is 0 Å². The molecule has 0 spiro atoms. The van der Waals surface area contributed by atoms with E-state index in [2.05, 4.69) is 0 Å². The van der Waals surface area contributed by atoms with Gasteiger partial charge < -0.3 is 15.4 Å². The Hall–Kier alpha value is -1.55. The minimum absolute atomic E-state index is 0.00634. The van der Waals surface area contributed by atoms with Gasteiger partial charge in [0.05, 0.1) is 6.61 Å². The van der Waals surface area contributed by atoms with Gasteiger partial charge in [0.25, 0.3) is 5.91 Å². The van der Waals surface area contributed by atoms with E-state index in [0.717, 1.165) is 5.56 Å². The first-order valence-electron chi connectivity index (χ1n) is 6.13. The van der Waals surface area contributed by atoms with E-state index in [1.165, 1.54) is 0 Å². The fourth-order valence-electron chi connectivity index (χ4n) is 1.81. The Morgan fingerprint density at radius 1 is 1.44 bits per heavy atom. The molecule has 0 bridgehead atoms. The third-order valence-corrected chi connectivity index (χ3v) is 2.91. The van der Waals surface area contributed by atoms with Crippen molar-refractivity contribution in [3.05, 3.63) is 29.3 Å². The summed E-state index contributed by atoms with van der Waals surface area (Å²) in [6, 6.07) is 5.55. The number of methoxy groups -OCH3 is 1. The molecule has 0 saturated heterocycles. The van der Waals surface area contributed by atoms with Crippen molar-refractivity contribution in [2.24, 2.45) is 0 Å². The van der Waals surface area contributed by atoms with E-state index >= 15 is 0 Å². The van der Waals surface area contributed by atoms with Gasteiger partial charge in [0, 0.05) is 30.9 Å². The van der Waals surface area contributed by atoms with Crippen molar-refractivity contribution >= 4 is 11.6 Å². The van der Waals surface area contributed by atoms with Crippen LogP contribution in [0.3, 0.4) is 0 Å². The fraction of sp³-hybridized carbons (Fsp3) is 0.500. The molecule has 0 saturated carbocycles. The van der Waals surface area contributed by atoms with Crippen LogP contribution in [-0.2, 0) is 4.74 Å². The molecule has 1 aromatic rings. The molecule has 4 heteroatoms. The molecule has 1 aromatic carbocycles. The number of hydrogen-bond acceptors (Lipinski definition) is 3. The molecule has 0 heterocycles. The molecule has 100 valence electrons. The van der Waals surface area contributed by atoms with Crippen LogP contribution in [0.15, 0.2) is 18.2 Å². The van der Waals surface area contributed by atoms with Gasteiger partial charge in [-0.25, -0.2) is 0 Å². The quantitative estimate of drug-likeness (QED) is 0.814. The molecule has 18 heavy (non-hydrogen) atoms. The van der Waals surface area contributed by atoms with Crippen molar-refractivity contribution in [3.8, 4) is 0 Å². The summed E-state index contributed by atoms with van der Waals surface area (Å²) in [5.74, 6) is 0.00634. The van der Waals surface area contributed by atoms with E-state index in [1.54, 1.807) is 24.1 Å². The smallest absolute Gasteiger partial charge is 0.254 e. The topological polar surface area (TPSA) is 55.6 Å². The number of ether oxygens (including phenoxy) is 1. The summed E-state index contributed by atoms with van der Waals surface area (Å²) in [4.78, 5) is 14.3. The molecule has 0 aliphatic heterocycles. The molecular formula is C14H22N2O2. The second-order valence-corrected chi connectivity index (χ2v) is 4.66. The number of aryl methyl sites for hydroxylation is 1. The van der Waals surface area contributed by atoms with Crippen molar-refractivity contribution in [1.82, 2.24) is 4.90 Å². The SMILES string of the molecule is COCCN(C(=O)c1cc(N)ccc1C)C(C)C. The van der Waals surface area contributed by atoms with Gasteiger partial charge in [-0.1, -0.05) is 6.07 Å². The first-order valence-corrected chi connectivity index (χ1v) is 6.13. The second kappa shape index (κ2) is 6.40. The van der Waals surface area contributed by atoms with Crippen LogP contribution in [0.4, 0.5) is 5.69 Å². The van der Waals surface area contributed by atoms with Crippen molar-refractivity contribution in [3.63, 3.8) is 0 Å². The van der Waals surface area contributed by atoms with E-state index in [4.69, 9.17) is 10.5 Å². The monoisotopic (exact) mass is 250 g/mol. The number of benzene rings is 1. The Morgan fingerprint density at radius 3 is 2.67 bits per heavy atom. The lowest BCUT2D eigenvalue weighted by Crippen LogP contribution is -2.39. The highest BCUT2D eigenvalue weighted by atomic mass is 16.5. The van der Waals surface area contributed by atoms with E-state index in [-0.39, 0.29) is 11.9 Å². The minimum atomic E-state index is 0.00634. The number of hydrogen-bond donors (Lipinski definition) is 1. The predicted molar refractivity (Wildman–Crippen MR) is 73.6 cm³/mol. The van der Waals surface area contributed by atoms with Crippen molar-refractivity contribution in [1.29, 1.82) is 0 Å². The van der Waals surface area contributed by atoms with Crippen LogP contribution in [0.1, 0.15) is 29.8 Å². The number of amides is 1. The summed E-state index contributed by atoms with van der Waals surface area (Å²) in [5.41, 5.74) is 7.97. The van der Waals surface area contributed by atoms with Crippen LogP contribution >= 0.6 is 0 Å². The van der Waals surface area contributed by atoms with Gasteiger partial charge in [-0.3, -0.25) is 4.79 Å². The molecule has 0 radical (unpaired) electrons. The number of carbonyl (C=O) groups is 1. The predicted octanol–water partition coefficient (Wildman–Crippen LogP) is 2.07. The van der Waals surface area contributed by atoms with E-state index in [1.807, 2.05) is 26.8 Å². The highest BCUT2D eigenvalue weighted by Crippen LogP contribution is 2.16. The van der Waals surface area contributed by atoms with Gasteiger partial charge in [-0.15, -0.1) is 0 Å². The summed E-state index contributed by atoms with van der Waals surface area (Å²) >= 11 is 0. The number of anilines is 1. The maximum absolute atomic E-state index is 12.5. The first kappa shape index (κ1) is 14.5. The summed E-state index contributed by atoms with van der Waals surface area (Å²) < 4.78 is 5.04. The van der Waals surface area contributed by atoms with Crippen molar-refractivity contribution < 1.29 is 9.53 Å². The van der Waals surface area contributed by atoms with Gasteiger partial charge in [-0.05, 0) is 38.5 Å². The van der Waals surface area contributed by atoms with E-state index < -0.39 is 0 Å². The third-order valence-electron chi connectivity index (χ3n) is 2.91. The minimum Gasteiger partial charge on any atom is -0.399 e. The Kier molecular flexibility index (Phi) is 5.16. The summed E-state index contributed by atoms with van der Waals surface area (Å²) in [6.07, 6.45) is 0.